The normalized spacial score (nSPS) is 20.1. The number of amides is 1. The SMILES string of the molecule is COc1ccccc1CCNC(=O)[C@H]1CNC[C@@H]1c1cnn(C)c1. The minimum absolute atomic E-state index is 0.0492. The number of hydrogen-bond acceptors (Lipinski definition) is 4. The lowest BCUT2D eigenvalue weighted by Gasteiger charge is -2.17. The summed E-state index contributed by atoms with van der Waals surface area (Å²) in [5.74, 6) is 1.10. The zero-order chi connectivity index (χ0) is 16.9. The molecule has 1 aromatic carbocycles. The molecular weight excluding hydrogens is 304 g/mol. The van der Waals surface area contributed by atoms with E-state index in [2.05, 4.69) is 15.7 Å². The first-order valence-corrected chi connectivity index (χ1v) is 8.28. The van der Waals surface area contributed by atoms with E-state index in [-0.39, 0.29) is 17.7 Å². The Morgan fingerprint density at radius 1 is 1.42 bits per heavy atom. The first-order chi connectivity index (χ1) is 11.7. The van der Waals surface area contributed by atoms with Crippen molar-refractivity contribution in [3.8, 4) is 5.75 Å². The molecule has 6 nitrogen and oxygen atoms in total. The van der Waals surface area contributed by atoms with Crippen molar-refractivity contribution < 1.29 is 9.53 Å². The molecule has 1 aromatic heterocycles. The van der Waals surface area contributed by atoms with Crippen LogP contribution in [-0.4, -0.2) is 42.4 Å². The average Bonchev–Trinajstić information content (AvgIpc) is 3.23. The summed E-state index contributed by atoms with van der Waals surface area (Å²) in [6.45, 7) is 2.13. The second-order valence-corrected chi connectivity index (χ2v) is 6.17. The Hall–Kier alpha value is -2.34. The van der Waals surface area contributed by atoms with Gasteiger partial charge in [0.15, 0.2) is 0 Å². The van der Waals surface area contributed by atoms with Gasteiger partial charge in [0.2, 0.25) is 5.91 Å². The number of carbonyl (C=O) groups is 1. The summed E-state index contributed by atoms with van der Waals surface area (Å²) in [6.07, 6.45) is 4.60. The lowest BCUT2D eigenvalue weighted by Crippen LogP contribution is -2.35. The summed E-state index contributed by atoms with van der Waals surface area (Å²) in [5, 5.41) is 10.6. The second kappa shape index (κ2) is 7.49. The first kappa shape index (κ1) is 16.5. The Morgan fingerprint density at radius 3 is 3.00 bits per heavy atom. The third-order valence-electron chi connectivity index (χ3n) is 4.59. The Kier molecular flexibility index (Phi) is 5.15. The van der Waals surface area contributed by atoms with Crippen molar-refractivity contribution >= 4 is 5.91 Å². The number of nitrogens with one attached hydrogen (secondary N) is 2. The molecule has 2 N–H and O–H groups in total. The Morgan fingerprint density at radius 2 is 2.25 bits per heavy atom. The van der Waals surface area contributed by atoms with Crippen molar-refractivity contribution in [2.75, 3.05) is 26.7 Å². The monoisotopic (exact) mass is 328 g/mol. The summed E-state index contributed by atoms with van der Waals surface area (Å²) in [7, 11) is 3.56. The van der Waals surface area contributed by atoms with Gasteiger partial charge in [0.1, 0.15) is 5.75 Å². The molecule has 6 heteroatoms. The molecule has 0 saturated carbocycles. The van der Waals surface area contributed by atoms with E-state index >= 15 is 0 Å². The molecule has 0 bridgehead atoms. The van der Waals surface area contributed by atoms with Crippen LogP contribution in [0.2, 0.25) is 0 Å². The van der Waals surface area contributed by atoms with Gasteiger partial charge in [0.05, 0.1) is 19.2 Å². The van der Waals surface area contributed by atoms with Gasteiger partial charge in [-0.25, -0.2) is 0 Å². The van der Waals surface area contributed by atoms with Crippen LogP contribution in [0.5, 0.6) is 5.75 Å². The van der Waals surface area contributed by atoms with Gasteiger partial charge in [-0.05, 0) is 23.6 Å². The minimum atomic E-state index is -0.0492. The maximum atomic E-state index is 12.6. The predicted molar refractivity (Wildman–Crippen MR) is 92.0 cm³/mol. The van der Waals surface area contributed by atoms with E-state index in [1.54, 1.807) is 11.8 Å². The highest BCUT2D eigenvalue weighted by Gasteiger charge is 2.34. The quantitative estimate of drug-likeness (QED) is 0.833. The molecule has 2 heterocycles. The van der Waals surface area contributed by atoms with Crippen LogP contribution in [0, 0.1) is 5.92 Å². The van der Waals surface area contributed by atoms with Crippen molar-refractivity contribution in [2.24, 2.45) is 13.0 Å². The number of ether oxygens (including phenoxy) is 1. The van der Waals surface area contributed by atoms with Crippen LogP contribution in [0.25, 0.3) is 0 Å². The number of nitrogens with zero attached hydrogens (tertiary/aromatic N) is 2. The van der Waals surface area contributed by atoms with Crippen molar-refractivity contribution in [1.82, 2.24) is 20.4 Å². The maximum absolute atomic E-state index is 12.6. The fraction of sp³-hybridized carbons (Fsp3) is 0.444. The third kappa shape index (κ3) is 3.59. The molecule has 0 aliphatic carbocycles. The number of rotatable bonds is 6. The van der Waals surface area contributed by atoms with E-state index in [4.69, 9.17) is 4.74 Å². The molecular formula is C18H24N4O2. The van der Waals surface area contributed by atoms with E-state index < -0.39 is 0 Å². The van der Waals surface area contributed by atoms with Crippen LogP contribution >= 0.6 is 0 Å². The Balaban J connectivity index is 1.56. The largest absolute Gasteiger partial charge is 0.496 e. The summed E-state index contributed by atoms with van der Waals surface area (Å²) < 4.78 is 7.13. The topological polar surface area (TPSA) is 68.2 Å². The van der Waals surface area contributed by atoms with Crippen LogP contribution in [-0.2, 0) is 18.3 Å². The first-order valence-electron chi connectivity index (χ1n) is 8.28. The highest BCUT2D eigenvalue weighted by atomic mass is 16.5. The molecule has 24 heavy (non-hydrogen) atoms. The molecule has 2 aromatic rings. The van der Waals surface area contributed by atoms with Crippen molar-refractivity contribution in [3.63, 3.8) is 0 Å². The van der Waals surface area contributed by atoms with Crippen molar-refractivity contribution in [2.45, 2.75) is 12.3 Å². The standard InChI is InChI=1S/C18H24N4O2/c1-22-12-14(9-21-22)15-10-19-11-16(15)18(23)20-8-7-13-5-3-4-6-17(13)24-2/h3-6,9,12,15-16,19H,7-8,10-11H2,1-2H3,(H,20,23)/t15-,16+/m1/s1. The fourth-order valence-electron chi connectivity index (χ4n) is 3.30. The zero-order valence-electron chi connectivity index (χ0n) is 14.2. The van der Waals surface area contributed by atoms with Crippen LogP contribution < -0.4 is 15.4 Å². The van der Waals surface area contributed by atoms with Crippen molar-refractivity contribution in [1.29, 1.82) is 0 Å². The number of para-hydroxylation sites is 1. The zero-order valence-corrected chi connectivity index (χ0v) is 14.2. The number of aryl methyl sites for hydroxylation is 1. The second-order valence-electron chi connectivity index (χ2n) is 6.17. The lowest BCUT2D eigenvalue weighted by molar-refractivity contribution is -0.124. The average molecular weight is 328 g/mol. The summed E-state index contributed by atoms with van der Waals surface area (Å²) >= 11 is 0. The van der Waals surface area contributed by atoms with E-state index in [0.717, 1.165) is 29.8 Å². The molecule has 0 unspecified atom stereocenters. The summed E-state index contributed by atoms with van der Waals surface area (Å²) in [4.78, 5) is 12.6. The summed E-state index contributed by atoms with van der Waals surface area (Å²) in [6, 6.07) is 7.90. The number of hydrogen-bond donors (Lipinski definition) is 2. The van der Waals surface area contributed by atoms with Gasteiger partial charge in [-0.3, -0.25) is 9.48 Å². The molecule has 1 fully saturated rings. The number of aromatic nitrogens is 2. The summed E-state index contributed by atoms with van der Waals surface area (Å²) in [5.41, 5.74) is 2.22. The molecule has 1 amide bonds. The van der Waals surface area contributed by atoms with Crippen molar-refractivity contribution in [3.05, 3.63) is 47.8 Å². The molecule has 1 saturated heterocycles. The van der Waals surface area contributed by atoms with Gasteiger partial charge >= 0.3 is 0 Å². The predicted octanol–water partition coefficient (Wildman–Crippen LogP) is 1.09. The smallest absolute Gasteiger partial charge is 0.225 e. The highest BCUT2D eigenvalue weighted by molar-refractivity contribution is 5.80. The molecule has 1 aliphatic heterocycles. The van der Waals surface area contributed by atoms with Gasteiger partial charge in [0, 0.05) is 38.8 Å². The molecule has 3 rings (SSSR count). The lowest BCUT2D eigenvalue weighted by atomic mass is 9.90. The van der Waals surface area contributed by atoms with Gasteiger partial charge in [-0.1, -0.05) is 18.2 Å². The molecule has 0 spiro atoms. The number of carbonyl (C=O) groups excluding carboxylic acids is 1. The van der Waals surface area contributed by atoms with E-state index in [0.29, 0.717) is 13.1 Å². The number of benzene rings is 1. The van der Waals surface area contributed by atoms with E-state index in [1.165, 1.54) is 0 Å². The van der Waals surface area contributed by atoms with Gasteiger partial charge in [0.25, 0.3) is 0 Å². The minimum Gasteiger partial charge on any atom is -0.496 e. The fourth-order valence-corrected chi connectivity index (χ4v) is 3.30. The van der Waals surface area contributed by atoms with E-state index in [1.807, 2.05) is 43.7 Å². The molecule has 0 radical (unpaired) electrons. The van der Waals surface area contributed by atoms with Crippen LogP contribution in [0.4, 0.5) is 0 Å². The Labute approximate surface area is 142 Å². The molecule has 2 atom stereocenters. The third-order valence-corrected chi connectivity index (χ3v) is 4.59. The molecule has 128 valence electrons. The maximum Gasteiger partial charge on any atom is 0.225 e. The number of methoxy groups -OCH3 is 1. The van der Waals surface area contributed by atoms with Crippen LogP contribution in [0.3, 0.4) is 0 Å². The Bertz CT molecular complexity index is 698. The van der Waals surface area contributed by atoms with Crippen LogP contribution in [0.15, 0.2) is 36.7 Å². The van der Waals surface area contributed by atoms with Crippen LogP contribution in [0.1, 0.15) is 17.0 Å². The van der Waals surface area contributed by atoms with Gasteiger partial charge in [-0.2, -0.15) is 5.10 Å². The van der Waals surface area contributed by atoms with Gasteiger partial charge < -0.3 is 15.4 Å². The highest BCUT2D eigenvalue weighted by Crippen LogP contribution is 2.27. The van der Waals surface area contributed by atoms with Gasteiger partial charge in [-0.15, -0.1) is 0 Å². The molecule has 1 aliphatic rings. The van der Waals surface area contributed by atoms with E-state index in [9.17, 15) is 4.79 Å².